The number of ether oxygens (including phenoxy) is 1. The smallest absolute Gasteiger partial charge is 0.235 e. The number of thioether (sulfide) groups is 1. The number of aromatic nitrogens is 3. The van der Waals surface area contributed by atoms with Crippen molar-refractivity contribution in [3.63, 3.8) is 0 Å². The molecule has 0 fully saturated rings. The Labute approximate surface area is 214 Å². The number of nitrogens with one attached hydrogen (secondary N) is 1. The normalized spacial score (nSPS) is 16.0. The molecule has 1 N–H and O–H groups in total. The number of carbonyl (C=O) groups is 1. The molecule has 9 heteroatoms. The van der Waals surface area contributed by atoms with E-state index in [-0.39, 0.29) is 17.8 Å². The first-order valence-corrected chi connectivity index (χ1v) is 13.7. The van der Waals surface area contributed by atoms with Crippen LogP contribution < -0.4 is 10.1 Å². The van der Waals surface area contributed by atoms with E-state index in [1.54, 1.807) is 11.3 Å². The number of benzene rings is 1. The van der Waals surface area contributed by atoms with E-state index in [9.17, 15) is 10.1 Å². The van der Waals surface area contributed by atoms with Crippen LogP contribution in [0.25, 0.3) is 0 Å². The predicted octanol–water partition coefficient (Wildman–Crippen LogP) is 5.87. The number of nitriles is 1. The van der Waals surface area contributed by atoms with Gasteiger partial charge < -0.3 is 14.6 Å². The van der Waals surface area contributed by atoms with Gasteiger partial charge in [0.15, 0.2) is 17.1 Å². The van der Waals surface area contributed by atoms with Crippen LogP contribution in [0.15, 0.2) is 29.4 Å². The van der Waals surface area contributed by atoms with Crippen molar-refractivity contribution in [2.75, 3.05) is 11.1 Å². The number of nitrogens with zero attached hydrogens (tertiary/aromatic N) is 4. The Balaban J connectivity index is 1.36. The summed E-state index contributed by atoms with van der Waals surface area (Å²) in [6.45, 7) is 8.49. The Morgan fingerprint density at radius 2 is 2.06 bits per heavy atom. The molecule has 2 heterocycles. The minimum atomic E-state index is -0.293. The fourth-order valence-electron chi connectivity index (χ4n) is 4.24. The van der Waals surface area contributed by atoms with Gasteiger partial charge in [-0.2, -0.15) is 5.26 Å². The van der Waals surface area contributed by atoms with E-state index in [4.69, 9.17) is 4.74 Å². The first kappa shape index (κ1) is 25.3. The highest BCUT2D eigenvalue weighted by molar-refractivity contribution is 7.99. The molecular formula is C26H31N5O2S2. The third-order valence-electron chi connectivity index (χ3n) is 6.30. The van der Waals surface area contributed by atoms with E-state index >= 15 is 0 Å². The molecular weight excluding hydrogens is 478 g/mol. The van der Waals surface area contributed by atoms with Crippen LogP contribution in [0.2, 0.25) is 0 Å². The maximum Gasteiger partial charge on any atom is 0.235 e. The molecule has 2 atom stereocenters. The molecule has 2 unspecified atom stereocenters. The number of carbonyl (C=O) groups excluding carboxylic acids is 1. The summed E-state index contributed by atoms with van der Waals surface area (Å²) in [4.78, 5) is 13.9. The van der Waals surface area contributed by atoms with E-state index < -0.39 is 0 Å². The van der Waals surface area contributed by atoms with Crippen LogP contribution in [-0.4, -0.2) is 26.4 Å². The lowest BCUT2D eigenvalue weighted by Gasteiger charge is -2.17. The molecule has 0 saturated heterocycles. The van der Waals surface area contributed by atoms with Crippen LogP contribution >= 0.6 is 23.1 Å². The molecule has 35 heavy (non-hydrogen) atoms. The zero-order valence-electron chi connectivity index (χ0n) is 20.8. The summed E-state index contributed by atoms with van der Waals surface area (Å²) in [5, 5.41) is 22.5. The van der Waals surface area contributed by atoms with Crippen LogP contribution in [0.4, 0.5) is 5.00 Å². The van der Waals surface area contributed by atoms with Crippen molar-refractivity contribution in [2.24, 2.45) is 13.0 Å². The van der Waals surface area contributed by atoms with Gasteiger partial charge in [-0.25, -0.2) is 0 Å². The van der Waals surface area contributed by atoms with Crippen LogP contribution in [0.3, 0.4) is 0 Å². The van der Waals surface area contributed by atoms with Crippen molar-refractivity contribution in [1.29, 1.82) is 5.26 Å². The Morgan fingerprint density at radius 3 is 2.74 bits per heavy atom. The third-order valence-corrected chi connectivity index (χ3v) is 8.49. The second kappa shape index (κ2) is 10.8. The van der Waals surface area contributed by atoms with Gasteiger partial charge in [0.25, 0.3) is 0 Å². The second-order valence-electron chi connectivity index (χ2n) is 9.39. The number of amides is 1. The van der Waals surface area contributed by atoms with E-state index in [0.29, 0.717) is 33.4 Å². The number of rotatable bonds is 8. The van der Waals surface area contributed by atoms with Crippen molar-refractivity contribution in [2.45, 2.75) is 64.1 Å². The minimum Gasteiger partial charge on any atom is -0.483 e. The first-order valence-electron chi connectivity index (χ1n) is 11.9. The minimum absolute atomic E-state index is 0.155. The summed E-state index contributed by atoms with van der Waals surface area (Å²) < 4.78 is 7.92. The molecule has 0 saturated carbocycles. The summed E-state index contributed by atoms with van der Waals surface area (Å²) >= 11 is 2.86. The molecule has 1 amide bonds. The fourth-order valence-corrected chi connectivity index (χ4v) is 6.34. The zero-order chi connectivity index (χ0) is 25.1. The largest absolute Gasteiger partial charge is 0.483 e. The lowest BCUT2D eigenvalue weighted by atomic mass is 9.89. The lowest BCUT2D eigenvalue weighted by Crippen LogP contribution is -2.15. The van der Waals surface area contributed by atoms with Gasteiger partial charge in [0.1, 0.15) is 16.8 Å². The van der Waals surface area contributed by atoms with E-state index in [1.165, 1.54) is 22.2 Å². The molecule has 4 rings (SSSR count). The molecule has 7 nitrogen and oxygen atoms in total. The van der Waals surface area contributed by atoms with E-state index in [2.05, 4.69) is 54.5 Å². The SMILES string of the molecule is CC1CCc2c(sc(NC(=O)CSc3nnc(C(C)Oc4ccc(C(C)C)cc4)n3C)c2C#N)C1. The quantitative estimate of drug-likeness (QED) is 0.382. The third kappa shape index (κ3) is 5.71. The van der Waals surface area contributed by atoms with Crippen molar-refractivity contribution in [3.05, 3.63) is 51.7 Å². The molecule has 2 aromatic heterocycles. The number of fused-ring (bicyclic) bond motifs is 1. The van der Waals surface area contributed by atoms with Crippen molar-refractivity contribution < 1.29 is 9.53 Å². The first-order chi connectivity index (χ1) is 16.8. The number of hydrogen-bond acceptors (Lipinski definition) is 7. The molecule has 184 valence electrons. The van der Waals surface area contributed by atoms with Crippen LogP contribution in [-0.2, 0) is 24.7 Å². The number of anilines is 1. The maximum atomic E-state index is 12.7. The van der Waals surface area contributed by atoms with Gasteiger partial charge in [0.05, 0.1) is 11.3 Å². The van der Waals surface area contributed by atoms with Gasteiger partial charge >= 0.3 is 0 Å². The van der Waals surface area contributed by atoms with E-state index in [0.717, 1.165) is 30.6 Å². The standard InChI is InChI=1S/C26H31N5O2S2/c1-15(2)18-7-9-19(10-8-18)33-17(4)24-29-30-26(31(24)5)34-14-23(32)28-25-21(13-27)20-11-6-16(3)12-22(20)35-25/h7-10,15-17H,6,11-12,14H2,1-5H3,(H,28,32). The van der Waals surface area contributed by atoms with Crippen LogP contribution in [0.5, 0.6) is 5.75 Å². The lowest BCUT2D eigenvalue weighted by molar-refractivity contribution is -0.113. The average molecular weight is 510 g/mol. The molecule has 0 aliphatic heterocycles. The summed E-state index contributed by atoms with van der Waals surface area (Å²) in [6.07, 6.45) is 2.67. The zero-order valence-corrected chi connectivity index (χ0v) is 22.4. The molecule has 3 aromatic rings. The predicted molar refractivity (Wildman–Crippen MR) is 140 cm³/mol. The average Bonchev–Trinajstić information content (AvgIpc) is 3.36. The maximum absolute atomic E-state index is 12.7. The van der Waals surface area contributed by atoms with Crippen molar-refractivity contribution in [3.8, 4) is 11.8 Å². The monoisotopic (exact) mass is 509 g/mol. The summed E-state index contributed by atoms with van der Waals surface area (Å²) in [7, 11) is 1.87. The number of thiophene rings is 1. The number of hydrogen-bond donors (Lipinski definition) is 1. The summed E-state index contributed by atoms with van der Waals surface area (Å²) in [5.41, 5.74) is 3.01. The Morgan fingerprint density at radius 1 is 1.31 bits per heavy atom. The molecule has 0 radical (unpaired) electrons. The summed E-state index contributed by atoms with van der Waals surface area (Å²) in [5.74, 6) is 2.58. The van der Waals surface area contributed by atoms with Crippen LogP contribution in [0, 0.1) is 17.2 Å². The highest BCUT2D eigenvalue weighted by atomic mass is 32.2. The highest BCUT2D eigenvalue weighted by Crippen LogP contribution is 2.39. The van der Waals surface area contributed by atoms with Crippen LogP contribution in [0.1, 0.15) is 73.5 Å². The van der Waals surface area contributed by atoms with Gasteiger partial charge in [-0.15, -0.1) is 21.5 Å². The molecule has 1 aromatic carbocycles. The molecule has 0 bridgehead atoms. The highest BCUT2D eigenvalue weighted by Gasteiger charge is 2.25. The fraction of sp³-hybridized carbons (Fsp3) is 0.462. The molecule has 0 spiro atoms. The topological polar surface area (TPSA) is 92.8 Å². The van der Waals surface area contributed by atoms with Gasteiger partial charge in [-0.3, -0.25) is 4.79 Å². The second-order valence-corrected chi connectivity index (χ2v) is 11.4. The summed E-state index contributed by atoms with van der Waals surface area (Å²) in [6, 6.07) is 10.4. The van der Waals surface area contributed by atoms with Crippen molar-refractivity contribution >= 4 is 34.0 Å². The molecule has 1 aliphatic carbocycles. The molecule has 1 aliphatic rings. The Bertz CT molecular complexity index is 1240. The van der Waals surface area contributed by atoms with Gasteiger partial charge in [-0.05, 0) is 61.3 Å². The van der Waals surface area contributed by atoms with Crippen molar-refractivity contribution in [1.82, 2.24) is 14.8 Å². The Hall–Kier alpha value is -2.83. The Kier molecular flexibility index (Phi) is 7.82. The van der Waals surface area contributed by atoms with Gasteiger partial charge in [0, 0.05) is 11.9 Å². The van der Waals surface area contributed by atoms with Gasteiger partial charge in [0.2, 0.25) is 5.91 Å². The van der Waals surface area contributed by atoms with E-state index in [1.807, 2.05) is 30.7 Å². The van der Waals surface area contributed by atoms with Gasteiger partial charge in [-0.1, -0.05) is 44.7 Å².